The van der Waals surface area contributed by atoms with Gasteiger partial charge in [0.25, 0.3) is 0 Å². The Bertz CT molecular complexity index is 220. The highest BCUT2D eigenvalue weighted by Gasteiger charge is 2.27. The van der Waals surface area contributed by atoms with Crippen molar-refractivity contribution in [1.82, 2.24) is 10.6 Å². The predicted octanol–water partition coefficient (Wildman–Crippen LogP) is 1.82. The Kier molecular flexibility index (Phi) is 6.34. The van der Waals surface area contributed by atoms with Crippen molar-refractivity contribution in [2.45, 2.75) is 34.1 Å². The molecule has 0 aliphatic carbocycles. The third-order valence-electron chi connectivity index (χ3n) is 3.42. The summed E-state index contributed by atoms with van der Waals surface area (Å²) in [7, 11) is 0. The van der Waals surface area contributed by atoms with Gasteiger partial charge in [0.15, 0.2) is 0 Å². The van der Waals surface area contributed by atoms with Gasteiger partial charge >= 0.3 is 0 Å². The van der Waals surface area contributed by atoms with Crippen LogP contribution in [0.2, 0.25) is 0 Å². The molecule has 0 radical (unpaired) electrons. The first kappa shape index (κ1) is 15.7. The number of nitrogens with one attached hydrogen (secondary N) is 2. The summed E-state index contributed by atoms with van der Waals surface area (Å²) in [5.41, 5.74) is 0.0536. The molecule has 0 saturated carbocycles. The van der Waals surface area contributed by atoms with Crippen LogP contribution in [-0.2, 0) is 4.79 Å². The van der Waals surface area contributed by atoms with Gasteiger partial charge in [-0.1, -0.05) is 27.7 Å². The molecule has 4 heteroatoms. The number of hydrogen-bond acceptors (Lipinski definition) is 2. The Balaban J connectivity index is 0.00000225. The minimum Gasteiger partial charge on any atom is -0.356 e. The van der Waals surface area contributed by atoms with Crippen molar-refractivity contribution in [1.29, 1.82) is 0 Å². The molecule has 2 unspecified atom stereocenters. The van der Waals surface area contributed by atoms with Gasteiger partial charge in [0.1, 0.15) is 0 Å². The molecule has 0 aromatic carbocycles. The number of amides is 1. The van der Waals surface area contributed by atoms with Crippen molar-refractivity contribution in [2.75, 3.05) is 19.6 Å². The van der Waals surface area contributed by atoms with Crippen LogP contribution in [0.25, 0.3) is 0 Å². The number of hydrogen-bond donors (Lipinski definition) is 2. The number of carbonyl (C=O) groups is 1. The fourth-order valence-electron chi connectivity index (χ4n) is 1.68. The second-order valence-electron chi connectivity index (χ2n) is 5.69. The lowest BCUT2D eigenvalue weighted by Gasteiger charge is -2.26. The van der Waals surface area contributed by atoms with Crippen LogP contribution in [0.15, 0.2) is 0 Å². The fraction of sp³-hybridized carbons (Fsp3) is 0.917. The summed E-state index contributed by atoms with van der Waals surface area (Å²) in [6.07, 6.45) is 1.18. The van der Waals surface area contributed by atoms with E-state index in [1.54, 1.807) is 0 Å². The van der Waals surface area contributed by atoms with Crippen molar-refractivity contribution in [3.63, 3.8) is 0 Å². The maximum Gasteiger partial charge on any atom is 0.223 e. The molecule has 2 N–H and O–H groups in total. The first-order valence-corrected chi connectivity index (χ1v) is 5.89. The molecular weight excluding hydrogens is 224 g/mol. The minimum absolute atomic E-state index is 0. The molecule has 96 valence electrons. The zero-order chi connectivity index (χ0) is 11.5. The second-order valence-corrected chi connectivity index (χ2v) is 5.69. The molecule has 1 aliphatic rings. The van der Waals surface area contributed by atoms with E-state index in [0.717, 1.165) is 19.6 Å². The van der Waals surface area contributed by atoms with Crippen LogP contribution in [0.3, 0.4) is 0 Å². The van der Waals surface area contributed by atoms with Gasteiger partial charge < -0.3 is 10.6 Å². The molecule has 1 aliphatic heterocycles. The summed E-state index contributed by atoms with van der Waals surface area (Å²) in [5.74, 6) is 0.891. The smallest absolute Gasteiger partial charge is 0.223 e. The first-order chi connectivity index (χ1) is 6.91. The molecule has 1 amide bonds. The topological polar surface area (TPSA) is 41.1 Å². The third-order valence-corrected chi connectivity index (χ3v) is 3.42. The highest BCUT2D eigenvalue weighted by atomic mass is 35.5. The molecule has 16 heavy (non-hydrogen) atoms. The van der Waals surface area contributed by atoms with Crippen LogP contribution in [0.1, 0.15) is 34.1 Å². The lowest BCUT2D eigenvalue weighted by molar-refractivity contribution is -0.127. The zero-order valence-electron chi connectivity index (χ0n) is 10.8. The van der Waals surface area contributed by atoms with Crippen molar-refractivity contribution in [3.8, 4) is 0 Å². The van der Waals surface area contributed by atoms with E-state index in [1.165, 1.54) is 6.42 Å². The van der Waals surface area contributed by atoms with Crippen LogP contribution in [0.4, 0.5) is 0 Å². The van der Waals surface area contributed by atoms with Gasteiger partial charge in [-0.05, 0) is 30.8 Å². The van der Waals surface area contributed by atoms with Crippen molar-refractivity contribution in [2.24, 2.45) is 17.3 Å². The van der Waals surface area contributed by atoms with Crippen molar-refractivity contribution >= 4 is 18.3 Å². The fourth-order valence-corrected chi connectivity index (χ4v) is 1.68. The Morgan fingerprint density at radius 1 is 1.50 bits per heavy atom. The van der Waals surface area contributed by atoms with Gasteiger partial charge in [0.2, 0.25) is 5.91 Å². The number of halogens is 1. The summed E-state index contributed by atoms with van der Waals surface area (Å²) in [5, 5.41) is 6.36. The van der Waals surface area contributed by atoms with Gasteiger partial charge in [-0.3, -0.25) is 4.79 Å². The largest absolute Gasteiger partial charge is 0.356 e. The van der Waals surface area contributed by atoms with Gasteiger partial charge in [-0.15, -0.1) is 12.4 Å². The molecule has 0 spiro atoms. The highest BCUT2D eigenvalue weighted by molar-refractivity contribution is 5.85. The second kappa shape index (κ2) is 6.45. The maximum absolute atomic E-state index is 11.8. The van der Waals surface area contributed by atoms with E-state index >= 15 is 0 Å². The van der Waals surface area contributed by atoms with Crippen LogP contribution < -0.4 is 10.6 Å². The van der Waals surface area contributed by atoms with Crippen LogP contribution >= 0.6 is 12.4 Å². The Labute approximate surface area is 105 Å². The van der Waals surface area contributed by atoms with Gasteiger partial charge in [-0.2, -0.15) is 0 Å². The van der Waals surface area contributed by atoms with E-state index in [-0.39, 0.29) is 29.6 Å². The molecule has 0 aromatic heterocycles. The Morgan fingerprint density at radius 3 is 2.56 bits per heavy atom. The lowest BCUT2D eigenvalue weighted by Crippen LogP contribution is -2.38. The molecule has 1 rings (SSSR count). The van der Waals surface area contributed by atoms with Crippen LogP contribution in [0, 0.1) is 17.3 Å². The first-order valence-electron chi connectivity index (χ1n) is 5.89. The summed E-state index contributed by atoms with van der Waals surface area (Å²) < 4.78 is 0. The summed E-state index contributed by atoms with van der Waals surface area (Å²) in [4.78, 5) is 11.8. The number of carbonyl (C=O) groups excluding carboxylic acids is 1. The Morgan fingerprint density at radius 2 is 2.12 bits per heavy atom. The highest BCUT2D eigenvalue weighted by Crippen LogP contribution is 2.25. The summed E-state index contributed by atoms with van der Waals surface area (Å²) >= 11 is 0. The zero-order valence-corrected chi connectivity index (χ0v) is 11.6. The van der Waals surface area contributed by atoms with Gasteiger partial charge in [0, 0.05) is 12.5 Å². The average Bonchev–Trinajstić information content (AvgIpc) is 2.63. The summed E-state index contributed by atoms with van der Waals surface area (Å²) in [6.45, 7) is 11.3. The van der Waals surface area contributed by atoms with Crippen molar-refractivity contribution < 1.29 is 4.79 Å². The Hall–Kier alpha value is -0.280. The predicted molar refractivity (Wildman–Crippen MR) is 69.9 cm³/mol. The van der Waals surface area contributed by atoms with E-state index in [2.05, 4.69) is 31.4 Å². The molecule has 1 heterocycles. The monoisotopic (exact) mass is 248 g/mol. The standard InChI is InChI=1S/C12H24N2O.ClH/c1-9(12(2,3)4)11(15)14-8-10-5-6-13-7-10;/h9-10,13H,5-8H2,1-4H3,(H,14,15);1H. The molecule has 0 aromatic rings. The minimum atomic E-state index is 0. The third kappa shape index (κ3) is 4.71. The van der Waals surface area contributed by atoms with E-state index < -0.39 is 0 Å². The molecule has 3 nitrogen and oxygen atoms in total. The SMILES string of the molecule is CC(C(=O)NCC1CCNC1)C(C)(C)C.Cl. The van der Waals surface area contributed by atoms with Crippen LogP contribution in [0.5, 0.6) is 0 Å². The van der Waals surface area contributed by atoms with Crippen LogP contribution in [-0.4, -0.2) is 25.5 Å². The average molecular weight is 249 g/mol. The van der Waals surface area contributed by atoms with E-state index in [9.17, 15) is 4.79 Å². The van der Waals surface area contributed by atoms with Gasteiger partial charge in [-0.25, -0.2) is 0 Å². The molecular formula is C12H25ClN2O. The van der Waals surface area contributed by atoms with E-state index in [1.807, 2.05) is 6.92 Å². The summed E-state index contributed by atoms with van der Waals surface area (Å²) in [6, 6.07) is 0. The maximum atomic E-state index is 11.8. The van der Waals surface area contributed by atoms with Gasteiger partial charge in [0.05, 0.1) is 0 Å². The van der Waals surface area contributed by atoms with Crippen molar-refractivity contribution in [3.05, 3.63) is 0 Å². The molecule has 1 saturated heterocycles. The molecule has 0 bridgehead atoms. The quantitative estimate of drug-likeness (QED) is 0.800. The number of rotatable bonds is 3. The lowest BCUT2D eigenvalue weighted by atomic mass is 9.81. The molecule has 2 atom stereocenters. The normalized spacial score (nSPS) is 22.4. The van der Waals surface area contributed by atoms with E-state index in [4.69, 9.17) is 0 Å². The van der Waals surface area contributed by atoms with E-state index in [0.29, 0.717) is 5.92 Å². The molecule has 1 fully saturated rings.